The molecule has 11 heteroatoms. The number of amides is 1. The summed E-state index contributed by atoms with van der Waals surface area (Å²) in [5.74, 6) is -4.70. The van der Waals surface area contributed by atoms with Crippen LogP contribution in [0.1, 0.15) is 32.6 Å². The van der Waals surface area contributed by atoms with Crippen LogP contribution < -0.4 is 10.1 Å². The van der Waals surface area contributed by atoms with Crippen molar-refractivity contribution in [3.63, 3.8) is 0 Å². The first-order chi connectivity index (χ1) is 13.8. The van der Waals surface area contributed by atoms with Crippen molar-refractivity contribution in [3.05, 3.63) is 28.1 Å². The Hall–Kier alpha value is -3.24. The quantitative estimate of drug-likeness (QED) is 0.326. The number of anilines is 1. The molecule has 1 amide bonds. The molecule has 0 bridgehead atoms. The van der Waals surface area contributed by atoms with Gasteiger partial charge in [-0.3, -0.25) is 19.7 Å². The molecule has 0 unspecified atom stereocenters. The van der Waals surface area contributed by atoms with E-state index in [-0.39, 0.29) is 17.6 Å². The van der Waals surface area contributed by atoms with Crippen LogP contribution in [0.4, 0.5) is 15.8 Å². The standard InChI is InChI=1S/C18H21FN2O8/c1-3-28-17(23)10-4-6-11(7-5-10)29-13-9-8-12(21(25)26)15(14(13)19)20-16(22)18(24)27-2/h8-11H,3-7H2,1-2H3,(H,20,22). The first-order valence-corrected chi connectivity index (χ1v) is 8.97. The van der Waals surface area contributed by atoms with E-state index in [0.29, 0.717) is 32.3 Å². The molecule has 1 N–H and O–H groups in total. The van der Waals surface area contributed by atoms with Crippen LogP contribution in [-0.2, 0) is 23.9 Å². The molecule has 0 spiro atoms. The molecule has 29 heavy (non-hydrogen) atoms. The molecule has 0 heterocycles. The van der Waals surface area contributed by atoms with Crippen LogP contribution in [0.5, 0.6) is 5.75 Å². The number of nitrogens with one attached hydrogen (secondary N) is 1. The fraction of sp³-hybridized carbons (Fsp3) is 0.500. The van der Waals surface area contributed by atoms with Crippen LogP contribution in [0.3, 0.4) is 0 Å². The fourth-order valence-electron chi connectivity index (χ4n) is 3.02. The molecule has 10 nitrogen and oxygen atoms in total. The number of carbonyl (C=O) groups is 3. The van der Waals surface area contributed by atoms with Gasteiger partial charge in [0, 0.05) is 6.07 Å². The second kappa shape index (κ2) is 9.80. The monoisotopic (exact) mass is 412 g/mol. The summed E-state index contributed by atoms with van der Waals surface area (Å²) in [4.78, 5) is 44.9. The molecule has 158 valence electrons. The van der Waals surface area contributed by atoms with Crippen molar-refractivity contribution in [2.24, 2.45) is 5.92 Å². The number of hydrogen-bond acceptors (Lipinski definition) is 8. The highest BCUT2D eigenvalue weighted by atomic mass is 19.1. The van der Waals surface area contributed by atoms with Gasteiger partial charge >= 0.3 is 17.8 Å². The Morgan fingerprint density at radius 3 is 2.45 bits per heavy atom. The molecule has 1 fully saturated rings. The topological polar surface area (TPSA) is 134 Å². The first kappa shape index (κ1) is 22.1. The second-order valence-corrected chi connectivity index (χ2v) is 6.32. The van der Waals surface area contributed by atoms with Gasteiger partial charge in [-0.25, -0.2) is 9.18 Å². The summed E-state index contributed by atoms with van der Waals surface area (Å²) in [5.41, 5.74) is -1.53. The maximum atomic E-state index is 14.8. The lowest BCUT2D eigenvalue weighted by molar-refractivity contribution is -0.384. The van der Waals surface area contributed by atoms with Crippen molar-refractivity contribution in [3.8, 4) is 5.75 Å². The maximum Gasteiger partial charge on any atom is 0.396 e. The van der Waals surface area contributed by atoms with Gasteiger partial charge in [-0.15, -0.1) is 0 Å². The van der Waals surface area contributed by atoms with Gasteiger partial charge in [0.2, 0.25) is 0 Å². The van der Waals surface area contributed by atoms with E-state index in [9.17, 15) is 28.9 Å². The summed E-state index contributed by atoms with van der Waals surface area (Å²) < 4.78 is 29.6. The van der Waals surface area contributed by atoms with E-state index < -0.39 is 40.1 Å². The van der Waals surface area contributed by atoms with Gasteiger partial charge < -0.3 is 19.5 Å². The molecule has 1 aliphatic rings. The van der Waals surface area contributed by atoms with Crippen LogP contribution in [0, 0.1) is 21.8 Å². The molecule has 0 aliphatic heterocycles. The lowest BCUT2D eigenvalue weighted by Gasteiger charge is -2.28. The number of ether oxygens (including phenoxy) is 3. The van der Waals surface area contributed by atoms with Gasteiger partial charge in [0.1, 0.15) is 0 Å². The molecule has 1 aromatic carbocycles. The Bertz CT molecular complexity index is 805. The summed E-state index contributed by atoms with van der Waals surface area (Å²) in [6.07, 6.45) is 1.52. The van der Waals surface area contributed by atoms with E-state index in [1.165, 1.54) is 0 Å². The lowest BCUT2D eigenvalue weighted by Crippen LogP contribution is -2.29. The average molecular weight is 412 g/mol. The molecule has 0 saturated heterocycles. The van der Waals surface area contributed by atoms with Crippen LogP contribution in [-0.4, -0.2) is 42.6 Å². The molecule has 0 aromatic heterocycles. The number of hydrogen-bond donors (Lipinski definition) is 1. The molecule has 0 atom stereocenters. The van der Waals surface area contributed by atoms with E-state index >= 15 is 0 Å². The zero-order valence-electron chi connectivity index (χ0n) is 15.9. The summed E-state index contributed by atoms with van der Waals surface area (Å²) in [6, 6.07) is 2.05. The third-order valence-corrected chi connectivity index (χ3v) is 4.48. The summed E-state index contributed by atoms with van der Waals surface area (Å²) in [6.45, 7) is 2.02. The number of nitro groups is 1. The van der Waals surface area contributed by atoms with E-state index in [2.05, 4.69) is 4.74 Å². The Kier molecular flexibility index (Phi) is 7.46. The molecular formula is C18H21FN2O8. The molecular weight excluding hydrogens is 391 g/mol. The number of methoxy groups -OCH3 is 1. The van der Waals surface area contributed by atoms with Gasteiger partial charge in [0.25, 0.3) is 5.69 Å². The number of benzene rings is 1. The highest BCUT2D eigenvalue weighted by Gasteiger charge is 2.31. The highest BCUT2D eigenvalue weighted by Crippen LogP contribution is 2.36. The maximum absolute atomic E-state index is 14.8. The minimum Gasteiger partial charge on any atom is -0.487 e. The van der Waals surface area contributed by atoms with Crippen molar-refractivity contribution in [2.45, 2.75) is 38.7 Å². The normalized spacial score (nSPS) is 18.4. The van der Waals surface area contributed by atoms with Gasteiger partial charge in [0.15, 0.2) is 17.3 Å². The minimum absolute atomic E-state index is 0.244. The lowest BCUT2D eigenvalue weighted by atomic mass is 9.87. The zero-order valence-corrected chi connectivity index (χ0v) is 15.9. The number of halogens is 1. The zero-order chi connectivity index (χ0) is 21.6. The van der Waals surface area contributed by atoms with E-state index in [1.807, 2.05) is 5.32 Å². The summed E-state index contributed by atoms with van der Waals surface area (Å²) in [5, 5.41) is 13.0. The predicted octanol–water partition coefficient (Wildman–Crippen LogP) is 2.35. The van der Waals surface area contributed by atoms with Crippen LogP contribution in [0.2, 0.25) is 0 Å². The third-order valence-electron chi connectivity index (χ3n) is 4.48. The number of carbonyl (C=O) groups excluding carboxylic acids is 3. The van der Waals surface area contributed by atoms with Crippen LogP contribution in [0.15, 0.2) is 12.1 Å². The van der Waals surface area contributed by atoms with Gasteiger partial charge in [-0.05, 0) is 38.7 Å². The van der Waals surface area contributed by atoms with Crippen LogP contribution >= 0.6 is 0 Å². The second-order valence-electron chi connectivity index (χ2n) is 6.32. The molecule has 0 radical (unpaired) electrons. The smallest absolute Gasteiger partial charge is 0.396 e. The number of rotatable bonds is 6. The minimum atomic E-state index is -1.36. The Morgan fingerprint density at radius 1 is 1.24 bits per heavy atom. The largest absolute Gasteiger partial charge is 0.487 e. The third kappa shape index (κ3) is 5.39. The van der Waals surface area contributed by atoms with E-state index in [0.717, 1.165) is 19.2 Å². The van der Waals surface area contributed by atoms with Crippen molar-refractivity contribution in [1.29, 1.82) is 0 Å². The summed E-state index contributed by atoms with van der Waals surface area (Å²) in [7, 11) is 0.943. The Balaban J connectivity index is 2.15. The Morgan fingerprint density at radius 2 is 1.90 bits per heavy atom. The molecule has 1 saturated carbocycles. The first-order valence-electron chi connectivity index (χ1n) is 8.97. The van der Waals surface area contributed by atoms with Crippen LogP contribution in [0.25, 0.3) is 0 Å². The average Bonchev–Trinajstić information content (AvgIpc) is 2.70. The summed E-state index contributed by atoms with van der Waals surface area (Å²) >= 11 is 0. The fourth-order valence-corrected chi connectivity index (χ4v) is 3.02. The van der Waals surface area contributed by atoms with Crippen molar-refractivity contribution in [1.82, 2.24) is 0 Å². The van der Waals surface area contributed by atoms with Gasteiger partial charge in [-0.2, -0.15) is 0 Å². The highest BCUT2D eigenvalue weighted by molar-refractivity contribution is 6.37. The number of nitro benzene ring substituents is 1. The van der Waals surface area contributed by atoms with Crippen molar-refractivity contribution < 1.29 is 37.9 Å². The predicted molar refractivity (Wildman–Crippen MR) is 96.7 cm³/mol. The van der Waals surface area contributed by atoms with Crippen molar-refractivity contribution in [2.75, 3.05) is 19.0 Å². The Labute approximate surface area is 165 Å². The van der Waals surface area contributed by atoms with Gasteiger partial charge in [0.05, 0.1) is 30.7 Å². The number of esters is 2. The number of nitrogens with zero attached hydrogens (tertiary/aromatic N) is 1. The van der Waals surface area contributed by atoms with Crippen molar-refractivity contribution >= 4 is 29.2 Å². The molecule has 1 aromatic rings. The van der Waals surface area contributed by atoms with E-state index in [4.69, 9.17) is 9.47 Å². The van der Waals surface area contributed by atoms with Gasteiger partial charge in [-0.1, -0.05) is 0 Å². The molecule has 1 aliphatic carbocycles. The SMILES string of the molecule is CCOC(=O)C1CCC(Oc2ccc([N+](=O)[O-])c(NC(=O)C(=O)OC)c2F)CC1. The van der Waals surface area contributed by atoms with E-state index in [1.54, 1.807) is 6.92 Å². The molecule has 2 rings (SSSR count).